The van der Waals surface area contributed by atoms with Gasteiger partial charge in [-0.05, 0) is 36.6 Å². The summed E-state index contributed by atoms with van der Waals surface area (Å²) in [6, 6.07) is 15.4. The molecule has 2 aromatic carbocycles. The molecule has 0 bridgehead atoms. The van der Waals surface area contributed by atoms with Crippen LogP contribution in [0.3, 0.4) is 0 Å². The quantitative estimate of drug-likeness (QED) is 0.923. The van der Waals surface area contributed by atoms with Crippen molar-refractivity contribution in [1.29, 1.82) is 0 Å². The lowest BCUT2D eigenvalue weighted by Crippen LogP contribution is -2.03. The Hall–Kier alpha value is -2.29. The van der Waals surface area contributed by atoms with Crippen molar-refractivity contribution in [3.63, 3.8) is 0 Å². The van der Waals surface area contributed by atoms with E-state index in [4.69, 9.17) is 9.84 Å². The number of rotatable bonds is 4. The normalized spacial score (nSPS) is 16.5. The number of ether oxygens (including phenoxy) is 1. The molecular formula is C17H16O3. The Morgan fingerprint density at radius 3 is 2.75 bits per heavy atom. The molecule has 1 aliphatic heterocycles. The van der Waals surface area contributed by atoms with Crippen LogP contribution in [0.1, 0.15) is 33.8 Å². The van der Waals surface area contributed by atoms with Gasteiger partial charge in [0.05, 0.1) is 12.2 Å². The van der Waals surface area contributed by atoms with E-state index in [2.05, 4.69) is 12.1 Å². The molecule has 0 amide bonds. The average molecular weight is 268 g/mol. The minimum atomic E-state index is -0.887. The Kier molecular flexibility index (Phi) is 3.42. The highest BCUT2D eigenvalue weighted by Crippen LogP contribution is 2.37. The summed E-state index contributed by atoms with van der Waals surface area (Å²) >= 11 is 0. The van der Waals surface area contributed by atoms with Crippen LogP contribution < -0.4 is 4.74 Å². The molecule has 0 fully saturated rings. The molecule has 3 nitrogen and oxygen atoms in total. The molecule has 102 valence electrons. The van der Waals surface area contributed by atoms with Gasteiger partial charge in [0.25, 0.3) is 0 Å². The first-order valence-electron chi connectivity index (χ1n) is 6.78. The number of aryl methyl sites for hydroxylation is 1. The largest absolute Gasteiger partial charge is 0.493 e. The SMILES string of the molecule is O=C(O)c1ccc2c(c1)C(CCc1ccccc1)CO2. The van der Waals surface area contributed by atoms with Crippen LogP contribution >= 0.6 is 0 Å². The van der Waals surface area contributed by atoms with Gasteiger partial charge in [0, 0.05) is 11.5 Å². The van der Waals surface area contributed by atoms with Crippen molar-refractivity contribution in [3.8, 4) is 5.75 Å². The summed E-state index contributed by atoms with van der Waals surface area (Å²) in [6.45, 7) is 0.644. The van der Waals surface area contributed by atoms with Crippen molar-refractivity contribution in [2.75, 3.05) is 6.61 Å². The predicted octanol–water partition coefficient (Wildman–Crippen LogP) is 3.49. The van der Waals surface area contributed by atoms with Gasteiger partial charge in [-0.15, -0.1) is 0 Å². The highest BCUT2D eigenvalue weighted by molar-refractivity contribution is 5.88. The Morgan fingerprint density at radius 1 is 1.20 bits per heavy atom. The fraction of sp³-hybridized carbons (Fsp3) is 0.235. The van der Waals surface area contributed by atoms with Crippen molar-refractivity contribution in [2.45, 2.75) is 18.8 Å². The first-order valence-corrected chi connectivity index (χ1v) is 6.78. The molecule has 1 unspecified atom stereocenters. The van der Waals surface area contributed by atoms with Gasteiger partial charge < -0.3 is 9.84 Å². The number of carboxylic acid groups (broad SMARTS) is 1. The van der Waals surface area contributed by atoms with Crippen LogP contribution in [0, 0.1) is 0 Å². The number of fused-ring (bicyclic) bond motifs is 1. The third kappa shape index (κ3) is 2.52. The second-order valence-electron chi connectivity index (χ2n) is 5.09. The summed E-state index contributed by atoms with van der Waals surface area (Å²) in [7, 11) is 0. The molecule has 1 atom stereocenters. The van der Waals surface area contributed by atoms with E-state index < -0.39 is 5.97 Å². The average Bonchev–Trinajstić information content (AvgIpc) is 2.88. The molecule has 2 aromatic rings. The summed E-state index contributed by atoms with van der Waals surface area (Å²) in [6.07, 6.45) is 1.95. The van der Waals surface area contributed by atoms with Crippen molar-refractivity contribution < 1.29 is 14.6 Å². The Bertz CT molecular complexity index is 619. The Balaban J connectivity index is 1.75. The minimum absolute atomic E-state index is 0.282. The van der Waals surface area contributed by atoms with E-state index >= 15 is 0 Å². The lowest BCUT2D eigenvalue weighted by atomic mass is 9.93. The van der Waals surface area contributed by atoms with Crippen molar-refractivity contribution in [2.24, 2.45) is 0 Å². The van der Waals surface area contributed by atoms with Crippen LogP contribution in [-0.4, -0.2) is 17.7 Å². The number of benzene rings is 2. The topological polar surface area (TPSA) is 46.5 Å². The first kappa shape index (κ1) is 12.7. The maximum absolute atomic E-state index is 11.0. The van der Waals surface area contributed by atoms with E-state index in [1.807, 2.05) is 18.2 Å². The van der Waals surface area contributed by atoms with Gasteiger partial charge in [0.2, 0.25) is 0 Å². The van der Waals surface area contributed by atoms with Crippen LogP contribution in [0.5, 0.6) is 5.75 Å². The van der Waals surface area contributed by atoms with E-state index in [-0.39, 0.29) is 5.92 Å². The number of aromatic carboxylic acids is 1. The fourth-order valence-corrected chi connectivity index (χ4v) is 2.64. The highest BCUT2D eigenvalue weighted by Gasteiger charge is 2.25. The van der Waals surface area contributed by atoms with Gasteiger partial charge in [-0.2, -0.15) is 0 Å². The predicted molar refractivity (Wildman–Crippen MR) is 76.4 cm³/mol. The molecule has 1 N–H and O–H groups in total. The second-order valence-corrected chi connectivity index (χ2v) is 5.09. The smallest absolute Gasteiger partial charge is 0.335 e. The van der Waals surface area contributed by atoms with E-state index in [0.717, 1.165) is 24.2 Å². The summed E-state index contributed by atoms with van der Waals surface area (Å²) in [5.74, 6) is 0.221. The van der Waals surface area contributed by atoms with Crippen molar-refractivity contribution >= 4 is 5.97 Å². The minimum Gasteiger partial charge on any atom is -0.493 e. The molecular weight excluding hydrogens is 252 g/mol. The maximum atomic E-state index is 11.0. The fourth-order valence-electron chi connectivity index (χ4n) is 2.64. The van der Waals surface area contributed by atoms with E-state index in [1.165, 1.54) is 5.56 Å². The molecule has 0 saturated heterocycles. The number of hydrogen-bond acceptors (Lipinski definition) is 2. The number of hydrogen-bond donors (Lipinski definition) is 1. The van der Waals surface area contributed by atoms with Gasteiger partial charge in [-0.25, -0.2) is 4.79 Å². The summed E-state index contributed by atoms with van der Waals surface area (Å²) < 4.78 is 5.64. The maximum Gasteiger partial charge on any atom is 0.335 e. The van der Waals surface area contributed by atoms with Crippen molar-refractivity contribution in [1.82, 2.24) is 0 Å². The molecule has 0 spiro atoms. The van der Waals surface area contributed by atoms with Gasteiger partial charge in [0.1, 0.15) is 5.75 Å². The zero-order chi connectivity index (χ0) is 13.9. The van der Waals surface area contributed by atoms with Crippen LogP contribution in [0.2, 0.25) is 0 Å². The zero-order valence-corrected chi connectivity index (χ0v) is 11.1. The monoisotopic (exact) mass is 268 g/mol. The van der Waals surface area contributed by atoms with E-state index in [9.17, 15) is 4.79 Å². The third-order valence-electron chi connectivity index (χ3n) is 3.76. The van der Waals surface area contributed by atoms with Gasteiger partial charge in [0.15, 0.2) is 0 Å². The summed E-state index contributed by atoms with van der Waals surface area (Å²) in [5, 5.41) is 9.07. The van der Waals surface area contributed by atoms with E-state index in [1.54, 1.807) is 18.2 Å². The molecule has 0 radical (unpaired) electrons. The molecule has 1 aliphatic rings. The van der Waals surface area contributed by atoms with Gasteiger partial charge in [-0.1, -0.05) is 30.3 Å². The Labute approximate surface area is 117 Å². The molecule has 0 saturated carbocycles. The molecule has 1 heterocycles. The second kappa shape index (κ2) is 5.37. The first-order chi connectivity index (χ1) is 9.74. The Morgan fingerprint density at radius 2 is 2.00 bits per heavy atom. The number of carbonyl (C=O) groups is 1. The summed E-state index contributed by atoms with van der Waals surface area (Å²) in [5.41, 5.74) is 2.66. The summed E-state index contributed by atoms with van der Waals surface area (Å²) in [4.78, 5) is 11.0. The molecule has 20 heavy (non-hydrogen) atoms. The third-order valence-corrected chi connectivity index (χ3v) is 3.76. The molecule has 3 rings (SSSR count). The van der Waals surface area contributed by atoms with Crippen LogP contribution in [0.4, 0.5) is 0 Å². The standard InChI is InChI=1S/C17H16O3/c18-17(19)13-8-9-16-15(10-13)14(11-20-16)7-6-12-4-2-1-3-5-12/h1-5,8-10,14H,6-7,11H2,(H,18,19). The van der Waals surface area contributed by atoms with Crippen LogP contribution in [-0.2, 0) is 6.42 Å². The molecule has 0 aliphatic carbocycles. The van der Waals surface area contributed by atoms with Crippen LogP contribution in [0.25, 0.3) is 0 Å². The van der Waals surface area contributed by atoms with E-state index in [0.29, 0.717) is 12.2 Å². The zero-order valence-electron chi connectivity index (χ0n) is 11.1. The van der Waals surface area contributed by atoms with Gasteiger partial charge >= 0.3 is 5.97 Å². The highest BCUT2D eigenvalue weighted by atomic mass is 16.5. The van der Waals surface area contributed by atoms with Crippen LogP contribution in [0.15, 0.2) is 48.5 Å². The number of carboxylic acids is 1. The molecule has 0 aromatic heterocycles. The lowest BCUT2D eigenvalue weighted by Gasteiger charge is -2.09. The lowest BCUT2D eigenvalue weighted by molar-refractivity contribution is 0.0697. The molecule has 3 heteroatoms. The van der Waals surface area contributed by atoms with Gasteiger partial charge in [-0.3, -0.25) is 0 Å². The van der Waals surface area contributed by atoms with Crippen molar-refractivity contribution in [3.05, 3.63) is 65.2 Å².